The Morgan fingerprint density at radius 2 is 2.19 bits per heavy atom. The number of carbonyl (C=O) groups excluding carboxylic acids is 1. The average molecular weight is 285 g/mol. The summed E-state index contributed by atoms with van der Waals surface area (Å²) in [6, 6.07) is 6.69. The number of nitrogens with one attached hydrogen (secondary N) is 2. The molecule has 2 rings (SSSR count). The standard InChI is InChI=1S/C15H12FN3O2/c16-11-5-6-13(10(9-11)3-1-7-17)19-15(21)12-4-2-8-18-14(12)20/h2,4-6,8-9H,7,17H2,(H,18,20)(H,19,21). The van der Waals surface area contributed by atoms with E-state index in [4.69, 9.17) is 5.73 Å². The number of rotatable bonds is 2. The maximum absolute atomic E-state index is 13.2. The van der Waals surface area contributed by atoms with Crippen LogP contribution in [0.4, 0.5) is 10.1 Å². The molecule has 0 bridgehead atoms. The van der Waals surface area contributed by atoms with E-state index in [1.54, 1.807) is 0 Å². The normalized spacial score (nSPS) is 9.62. The summed E-state index contributed by atoms with van der Waals surface area (Å²) in [5.74, 6) is 4.18. The zero-order chi connectivity index (χ0) is 15.2. The summed E-state index contributed by atoms with van der Waals surface area (Å²) in [5.41, 5.74) is 5.33. The van der Waals surface area contributed by atoms with Crippen molar-refractivity contribution in [1.29, 1.82) is 0 Å². The van der Waals surface area contributed by atoms with Gasteiger partial charge in [0.05, 0.1) is 17.8 Å². The number of hydrogen-bond acceptors (Lipinski definition) is 3. The van der Waals surface area contributed by atoms with E-state index in [0.29, 0.717) is 11.3 Å². The molecule has 0 spiro atoms. The van der Waals surface area contributed by atoms with Crippen LogP contribution in [0.2, 0.25) is 0 Å². The number of aromatic nitrogens is 1. The molecule has 0 saturated heterocycles. The van der Waals surface area contributed by atoms with Gasteiger partial charge < -0.3 is 16.0 Å². The maximum atomic E-state index is 13.2. The van der Waals surface area contributed by atoms with Crippen LogP contribution < -0.4 is 16.6 Å². The summed E-state index contributed by atoms with van der Waals surface area (Å²) in [6.45, 7) is 0.113. The van der Waals surface area contributed by atoms with Crippen LogP contribution in [0.15, 0.2) is 41.3 Å². The first-order valence-electron chi connectivity index (χ1n) is 6.09. The molecule has 0 atom stereocenters. The van der Waals surface area contributed by atoms with Crippen molar-refractivity contribution >= 4 is 11.6 Å². The fourth-order valence-corrected chi connectivity index (χ4v) is 1.67. The third-order valence-electron chi connectivity index (χ3n) is 2.62. The predicted molar refractivity (Wildman–Crippen MR) is 77.3 cm³/mol. The van der Waals surface area contributed by atoms with Gasteiger partial charge >= 0.3 is 0 Å². The highest BCUT2D eigenvalue weighted by molar-refractivity contribution is 6.04. The van der Waals surface area contributed by atoms with Crippen molar-refractivity contribution in [1.82, 2.24) is 4.98 Å². The van der Waals surface area contributed by atoms with E-state index in [2.05, 4.69) is 22.1 Å². The molecule has 5 nitrogen and oxygen atoms in total. The van der Waals surface area contributed by atoms with Crippen LogP contribution in [0.25, 0.3) is 0 Å². The maximum Gasteiger partial charge on any atom is 0.261 e. The molecule has 0 fully saturated rings. The second-order valence-electron chi connectivity index (χ2n) is 4.06. The number of benzene rings is 1. The van der Waals surface area contributed by atoms with E-state index in [0.717, 1.165) is 0 Å². The lowest BCUT2D eigenvalue weighted by molar-refractivity contribution is 0.102. The van der Waals surface area contributed by atoms with Gasteiger partial charge in [0.15, 0.2) is 0 Å². The third kappa shape index (κ3) is 3.55. The lowest BCUT2D eigenvalue weighted by Gasteiger charge is -2.07. The average Bonchev–Trinajstić information content (AvgIpc) is 2.47. The van der Waals surface area contributed by atoms with Crippen LogP contribution in [0, 0.1) is 17.7 Å². The van der Waals surface area contributed by atoms with Crippen LogP contribution in [0.3, 0.4) is 0 Å². The second-order valence-corrected chi connectivity index (χ2v) is 4.06. The van der Waals surface area contributed by atoms with Crippen molar-refractivity contribution < 1.29 is 9.18 Å². The van der Waals surface area contributed by atoms with E-state index in [1.165, 1.54) is 36.5 Å². The first-order chi connectivity index (χ1) is 10.1. The highest BCUT2D eigenvalue weighted by atomic mass is 19.1. The number of pyridine rings is 1. The van der Waals surface area contributed by atoms with E-state index >= 15 is 0 Å². The largest absolute Gasteiger partial charge is 0.328 e. The van der Waals surface area contributed by atoms with Gasteiger partial charge in [-0.1, -0.05) is 11.8 Å². The van der Waals surface area contributed by atoms with Crippen LogP contribution in [-0.4, -0.2) is 17.4 Å². The minimum Gasteiger partial charge on any atom is -0.328 e. The van der Waals surface area contributed by atoms with Gasteiger partial charge in [-0.15, -0.1) is 0 Å². The lowest BCUT2D eigenvalue weighted by atomic mass is 10.1. The molecule has 2 aromatic rings. The molecule has 106 valence electrons. The molecular weight excluding hydrogens is 273 g/mol. The second kappa shape index (κ2) is 6.50. The lowest BCUT2D eigenvalue weighted by Crippen LogP contribution is -2.22. The zero-order valence-electron chi connectivity index (χ0n) is 10.9. The van der Waals surface area contributed by atoms with Crippen molar-refractivity contribution in [2.45, 2.75) is 0 Å². The van der Waals surface area contributed by atoms with E-state index in [9.17, 15) is 14.0 Å². The molecule has 21 heavy (non-hydrogen) atoms. The van der Waals surface area contributed by atoms with Crippen LogP contribution in [0.1, 0.15) is 15.9 Å². The summed E-state index contributed by atoms with van der Waals surface area (Å²) in [7, 11) is 0. The monoisotopic (exact) mass is 285 g/mol. The van der Waals surface area contributed by atoms with Gasteiger partial charge in [-0.05, 0) is 30.3 Å². The summed E-state index contributed by atoms with van der Waals surface area (Å²) in [4.78, 5) is 26.0. The molecule has 4 N–H and O–H groups in total. The molecular formula is C15H12FN3O2. The minimum atomic E-state index is -0.598. The van der Waals surface area contributed by atoms with Gasteiger partial charge in [0.25, 0.3) is 11.5 Å². The Morgan fingerprint density at radius 3 is 2.90 bits per heavy atom. The SMILES string of the molecule is NCC#Cc1cc(F)ccc1NC(=O)c1ccc[nH]c1=O. The smallest absolute Gasteiger partial charge is 0.261 e. The predicted octanol–water partition coefficient (Wildman–Crippen LogP) is 1.08. The number of nitrogens with two attached hydrogens (primary N) is 1. The van der Waals surface area contributed by atoms with Gasteiger partial charge in [-0.2, -0.15) is 0 Å². The highest BCUT2D eigenvalue weighted by Crippen LogP contribution is 2.16. The fourth-order valence-electron chi connectivity index (χ4n) is 1.67. The van der Waals surface area contributed by atoms with Gasteiger partial charge in [-0.3, -0.25) is 9.59 Å². The summed E-state index contributed by atoms with van der Waals surface area (Å²) in [6.07, 6.45) is 1.43. The number of halogens is 1. The third-order valence-corrected chi connectivity index (χ3v) is 2.62. The highest BCUT2D eigenvalue weighted by Gasteiger charge is 2.12. The van der Waals surface area contributed by atoms with Crippen LogP contribution in [0.5, 0.6) is 0 Å². The minimum absolute atomic E-state index is 0.0421. The van der Waals surface area contributed by atoms with Crippen molar-refractivity contribution in [3.05, 3.63) is 63.8 Å². The zero-order valence-corrected chi connectivity index (χ0v) is 10.9. The first-order valence-corrected chi connectivity index (χ1v) is 6.09. The first kappa shape index (κ1) is 14.5. The Kier molecular flexibility index (Phi) is 4.49. The van der Waals surface area contributed by atoms with Crippen molar-refractivity contribution in [3.63, 3.8) is 0 Å². The number of carbonyl (C=O) groups is 1. The Balaban J connectivity index is 2.33. The van der Waals surface area contributed by atoms with Gasteiger partial charge in [0.1, 0.15) is 11.4 Å². The molecule has 6 heteroatoms. The van der Waals surface area contributed by atoms with Crippen molar-refractivity contribution in [3.8, 4) is 11.8 Å². The number of anilines is 1. The Morgan fingerprint density at radius 1 is 1.38 bits per heavy atom. The number of aromatic amines is 1. The molecule has 1 heterocycles. The molecule has 0 aliphatic heterocycles. The molecule has 1 aromatic heterocycles. The Bertz CT molecular complexity index is 787. The molecule has 1 amide bonds. The molecule has 1 aromatic carbocycles. The fraction of sp³-hybridized carbons (Fsp3) is 0.0667. The molecule has 0 saturated carbocycles. The van der Waals surface area contributed by atoms with Gasteiger partial charge in [0.2, 0.25) is 0 Å². The molecule has 0 aliphatic carbocycles. The number of amides is 1. The van der Waals surface area contributed by atoms with Gasteiger partial charge in [-0.25, -0.2) is 4.39 Å². The Labute approximate surface area is 120 Å². The Hall–Kier alpha value is -2.91. The number of hydrogen-bond donors (Lipinski definition) is 3. The molecule has 0 radical (unpaired) electrons. The molecule has 0 unspecified atom stereocenters. The van der Waals surface area contributed by atoms with Crippen molar-refractivity contribution in [2.75, 3.05) is 11.9 Å². The molecule has 0 aliphatic rings. The quantitative estimate of drug-likeness (QED) is 0.721. The van der Waals surface area contributed by atoms with Gasteiger partial charge in [0, 0.05) is 6.20 Å². The van der Waals surface area contributed by atoms with E-state index in [-0.39, 0.29) is 12.1 Å². The van der Waals surface area contributed by atoms with Crippen LogP contribution in [-0.2, 0) is 0 Å². The van der Waals surface area contributed by atoms with E-state index in [1.807, 2.05) is 0 Å². The van der Waals surface area contributed by atoms with E-state index < -0.39 is 17.3 Å². The number of H-pyrrole nitrogens is 1. The summed E-state index contributed by atoms with van der Waals surface area (Å²) < 4.78 is 13.2. The summed E-state index contributed by atoms with van der Waals surface area (Å²) >= 11 is 0. The summed E-state index contributed by atoms with van der Waals surface area (Å²) in [5, 5.41) is 2.53. The van der Waals surface area contributed by atoms with Crippen LogP contribution >= 0.6 is 0 Å². The topological polar surface area (TPSA) is 88.0 Å². The van der Waals surface area contributed by atoms with Crippen molar-refractivity contribution in [2.24, 2.45) is 5.73 Å².